The van der Waals surface area contributed by atoms with Gasteiger partial charge in [0.25, 0.3) is 0 Å². The molecule has 0 aliphatic rings. The van der Waals surface area contributed by atoms with Gasteiger partial charge in [-0.1, -0.05) is 40.2 Å². The van der Waals surface area contributed by atoms with Crippen LogP contribution in [-0.2, 0) is 10.0 Å². The number of nitrogens with one attached hydrogen (secondary N) is 1. The summed E-state index contributed by atoms with van der Waals surface area (Å²) >= 11 is 3.40. The van der Waals surface area contributed by atoms with Crippen LogP contribution in [0.25, 0.3) is 15.8 Å². The van der Waals surface area contributed by atoms with Crippen LogP contribution in [0, 0.1) is 13.8 Å². The number of halogens is 1. The zero-order chi connectivity index (χ0) is 21.3. The first-order valence-electron chi connectivity index (χ1n) is 9.16. The maximum absolute atomic E-state index is 13.0. The van der Waals surface area contributed by atoms with Crippen molar-refractivity contribution < 1.29 is 8.42 Å². The lowest BCUT2D eigenvalue weighted by Gasteiger charge is -2.21. The van der Waals surface area contributed by atoms with Crippen molar-refractivity contribution in [3.63, 3.8) is 0 Å². The average molecular weight is 482 g/mol. The molecular formula is C22H18BrN4O2S-. The molecule has 1 heterocycles. The smallest absolute Gasteiger partial charge is 0.202 e. The van der Waals surface area contributed by atoms with E-state index < -0.39 is 10.0 Å². The Hall–Kier alpha value is -2.97. The highest BCUT2D eigenvalue weighted by Crippen LogP contribution is 2.35. The van der Waals surface area contributed by atoms with E-state index in [9.17, 15) is 8.42 Å². The monoisotopic (exact) mass is 481 g/mol. The minimum absolute atomic E-state index is 0.00912. The van der Waals surface area contributed by atoms with Gasteiger partial charge in [-0.3, -0.25) is 0 Å². The highest BCUT2D eigenvalue weighted by molar-refractivity contribution is 9.10. The molecule has 0 fully saturated rings. The summed E-state index contributed by atoms with van der Waals surface area (Å²) in [7, 11) is -3.97. The molecule has 6 nitrogen and oxygen atoms in total. The summed E-state index contributed by atoms with van der Waals surface area (Å²) in [5.74, 6) is 0.276. The number of fused-ring (bicyclic) bond motifs is 1. The van der Waals surface area contributed by atoms with Crippen molar-refractivity contribution in [1.82, 2.24) is 9.97 Å². The van der Waals surface area contributed by atoms with Crippen LogP contribution in [0.2, 0.25) is 0 Å². The molecule has 0 aliphatic heterocycles. The summed E-state index contributed by atoms with van der Waals surface area (Å²) in [6.45, 7) is 3.79. The zero-order valence-corrected chi connectivity index (χ0v) is 18.7. The number of aryl methyl sites for hydroxylation is 2. The van der Waals surface area contributed by atoms with Gasteiger partial charge in [-0.2, -0.15) is 0 Å². The Morgan fingerprint density at radius 1 is 0.867 bits per heavy atom. The fraction of sp³-hybridized carbons (Fsp3) is 0.0909. The van der Waals surface area contributed by atoms with Gasteiger partial charge in [-0.25, -0.2) is 13.4 Å². The molecule has 152 valence electrons. The molecule has 0 unspecified atom stereocenters. The number of para-hydroxylation sites is 2. The first kappa shape index (κ1) is 20.3. The van der Waals surface area contributed by atoms with Crippen molar-refractivity contribution in [1.29, 1.82) is 0 Å². The molecule has 3 aromatic carbocycles. The maximum atomic E-state index is 13.0. The van der Waals surface area contributed by atoms with Crippen LogP contribution < -0.4 is 5.32 Å². The molecule has 0 atom stereocenters. The molecule has 8 heteroatoms. The van der Waals surface area contributed by atoms with Crippen molar-refractivity contribution in [2.24, 2.45) is 0 Å². The Bertz CT molecular complexity index is 1340. The Kier molecular flexibility index (Phi) is 5.44. The lowest BCUT2D eigenvalue weighted by atomic mass is 10.1. The second kappa shape index (κ2) is 8.04. The van der Waals surface area contributed by atoms with Gasteiger partial charge in [0.1, 0.15) is 5.82 Å². The highest BCUT2D eigenvalue weighted by atomic mass is 79.9. The van der Waals surface area contributed by atoms with Gasteiger partial charge in [0.15, 0.2) is 0 Å². The number of sulfonamides is 1. The zero-order valence-electron chi connectivity index (χ0n) is 16.3. The SMILES string of the molecule is Cc1ccc(S(=O)(=O)[N-]c2nc3ccccc3nc2Nc2ccc(Br)cc2)cc1C. The predicted molar refractivity (Wildman–Crippen MR) is 123 cm³/mol. The third-order valence-electron chi connectivity index (χ3n) is 4.64. The van der Waals surface area contributed by atoms with Crippen molar-refractivity contribution >= 4 is 54.3 Å². The lowest BCUT2D eigenvalue weighted by Crippen LogP contribution is -2.03. The summed E-state index contributed by atoms with van der Waals surface area (Å²) in [6.07, 6.45) is 0. The molecule has 0 amide bonds. The van der Waals surface area contributed by atoms with Gasteiger partial charge in [-0.15, -0.1) is 0 Å². The van der Waals surface area contributed by atoms with Crippen LogP contribution in [0.15, 0.2) is 76.1 Å². The van der Waals surface area contributed by atoms with E-state index in [4.69, 9.17) is 0 Å². The average Bonchev–Trinajstić information content (AvgIpc) is 2.72. The van der Waals surface area contributed by atoms with Crippen molar-refractivity contribution in [3.05, 3.63) is 87.1 Å². The van der Waals surface area contributed by atoms with Crippen LogP contribution in [0.3, 0.4) is 0 Å². The van der Waals surface area contributed by atoms with Crippen LogP contribution in [0.1, 0.15) is 11.1 Å². The van der Waals surface area contributed by atoms with Gasteiger partial charge < -0.3 is 15.0 Å². The standard InChI is InChI=1S/C22H18BrN4O2S/c1-14-7-12-18(13-15(14)2)30(28,29)27-22-21(24-17-10-8-16(23)9-11-17)25-19-5-3-4-6-20(19)26-22/h3-13H,1-2H3,(H-,24,25,26,27)/q-1. The van der Waals surface area contributed by atoms with Crippen molar-refractivity contribution in [3.8, 4) is 0 Å². The van der Waals surface area contributed by atoms with E-state index in [-0.39, 0.29) is 16.5 Å². The topological polar surface area (TPSA) is 86.1 Å². The number of nitrogens with zero attached hydrogens (tertiary/aromatic N) is 3. The number of hydrogen-bond acceptors (Lipinski definition) is 5. The first-order valence-corrected chi connectivity index (χ1v) is 11.4. The molecule has 0 spiro atoms. The highest BCUT2D eigenvalue weighted by Gasteiger charge is 2.13. The largest absolute Gasteiger partial charge is 0.431 e. The van der Waals surface area contributed by atoms with Crippen LogP contribution >= 0.6 is 15.9 Å². The van der Waals surface area contributed by atoms with Gasteiger partial charge in [0.05, 0.1) is 10.4 Å². The summed E-state index contributed by atoms with van der Waals surface area (Å²) in [6, 6.07) is 19.6. The van der Waals surface area contributed by atoms with E-state index in [0.717, 1.165) is 21.3 Å². The van der Waals surface area contributed by atoms with Crippen molar-refractivity contribution in [2.45, 2.75) is 18.7 Å². The van der Waals surface area contributed by atoms with E-state index in [1.54, 1.807) is 24.3 Å². The van der Waals surface area contributed by atoms with Crippen LogP contribution in [0.5, 0.6) is 0 Å². The number of rotatable bonds is 5. The second-order valence-corrected chi connectivity index (χ2v) is 9.35. The molecular weight excluding hydrogens is 464 g/mol. The molecule has 1 N–H and O–H groups in total. The Morgan fingerprint density at radius 3 is 2.20 bits per heavy atom. The van der Waals surface area contributed by atoms with E-state index in [1.807, 2.05) is 56.3 Å². The van der Waals surface area contributed by atoms with Gasteiger partial charge in [-0.05, 0) is 78.8 Å². The van der Waals surface area contributed by atoms with Crippen LogP contribution in [-0.4, -0.2) is 18.4 Å². The minimum Gasteiger partial charge on any atom is -0.431 e. The number of hydrogen-bond donors (Lipinski definition) is 1. The molecule has 4 rings (SSSR count). The minimum atomic E-state index is -3.97. The molecule has 1 aromatic heterocycles. The second-order valence-electron chi connectivity index (χ2n) is 6.83. The van der Waals surface area contributed by atoms with Gasteiger partial charge in [0.2, 0.25) is 10.0 Å². The summed E-state index contributed by atoms with van der Waals surface area (Å²) in [5, 5.41) is 3.13. The number of aromatic nitrogens is 2. The first-order chi connectivity index (χ1) is 14.3. The van der Waals surface area contributed by atoms with E-state index >= 15 is 0 Å². The number of anilines is 2. The van der Waals surface area contributed by atoms with Gasteiger partial charge >= 0.3 is 0 Å². The summed E-state index contributed by atoms with van der Waals surface area (Å²) < 4.78 is 30.9. The Balaban J connectivity index is 1.77. The van der Waals surface area contributed by atoms with Crippen LogP contribution in [0.4, 0.5) is 17.3 Å². The predicted octanol–water partition coefficient (Wildman–Crippen LogP) is 6.15. The summed E-state index contributed by atoms with van der Waals surface area (Å²) in [5.41, 5.74) is 3.83. The molecule has 30 heavy (non-hydrogen) atoms. The fourth-order valence-corrected chi connectivity index (χ4v) is 4.14. The fourth-order valence-electron chi connectivity index (χ4n) is 2.85. The molecule has 0 bridgehead atoms. The third kappa shape index (κ3) is 4.29. The molecule has 0 saturated heterocycles. The Labute approximate surface area is 183 Å². The molecule has 0 aliphatic carbocycles. The Morgan fingerprint density at radius 2 is 1.53 bits per heavy atom. The molecule has 0 saturated carbocycles. The van der Waals surface area contributed by atoms with Crippen molar-refractivity contribution in [2.75, 3.05) is 5.32 Å². The normalized spacial score (nSPS) is 11.4. The third-order valence-corrected chi connectivity index (χ3v) is 6.43. The maximum Gasteiger partial charge on any atom is 0.202 e. The lowest BCUT2D eigenvalue weighted by molar-refractivity contribution is 0.603. The van der Waals surface area contributed by atoms with E-state index in [1.165, 1.54) is 0 Å². The van der Waals surface area contributed by atoms with E-state index in [2.05, 4.69) is 35.9 Å². The quantitative estimate of drug-likeness (QED) is 0.369. The van der Waals surface area contributed by atoms with Gasteiger partial charge in [0, 0.05) is 10.2 Å². The summed E-state index contributed by atoms with van der Waals surface area (Å²) in [4.78, 5) is 9.14. The molecule has 4 aromatic rings. The molecule has 0 radical (unpaired) electrons. The number of benzene rings is 3. The van der Waals surface area contributed by atoms with E-state index in [0.29, 0.717) is 11.0 Å².